The second kappa shape index (κ2) is 4.33. The summed E-state index contributed by atoms with van der Waals surface area (Å²) in [6.07, 6.45) is 0.271. The van der Waals surface area contributed by atoms with Gasteiger partial charge in [-0.05, 0) is 0 Å². The number of hydrogen-bond acceptors (Lipinski definition) is 7. The fourth-order valence-electron chi connectivity index (χ4n) is 1.62. The first kappa shape index (κ1) is 12.4. The summed E-state index contributed by atoms with van der Waals surface area (Å²) < 4.78 is 14.9. The van der Waals surface area contributed by atoms with Crippen molar-refractivity contribution in [1.29, 1.82) is 0 Å². The number of halogens is 1. The van der Waals surface area contributed by atoms with Crippen molar-refractivity contribution in [3.8, 4) is 0 Å². The van der Waals surface area contributed by atoms with Crippen LogP contribution in [0.3, 0.4) is 0 Å². The van der Waals surface area contributed by atoms with Gasteiger partial charge in [-0.3, -0.25) is 4.57 Å². The number of aliphatic hydroxyl groups excluding tert-OH is 1. The molecule has 2 heterocycles. The van der Waals surface area contributed by atoms with E-state index in [0.717, 1.165) is 29.0 Å². The van der Waals surface area contributed by atoms with Crippen molar-refractivity contribution < 1.29 is 14.6 Å². The van der Waals surface area contributed by atoms with Crippen LogP contribution in [0.25, 0.3) is 0 Å². The van der Waals surface area contributed by atoms with Crippen LogP contribution in [0.2, 0.25) is 0 Å². The number of thioether (sulfide) groups is 1. The van der Waals surface area contributed by atoms with Crippen LogP contribution in [-0.4, -0.2) is 48.5 Å². The van der Waals surface area contributed by atoms with Crippen LogP contribution in [0.15, 0.2) is 17.4 Å². The maximum atomic E-state index is 13.9. The molecule has 4 atom stereocenters. The highest BCUT2D eigenvalue weighted by Crippen LogP contribution is 2.46. The van der Waals surface area contributed by atoms with Crippen LogP contribution in [0.1, 0.15) is 5.37 Å². The SMILES string of the molecule is N[C@]1(O)[C@H](F)[C@H](n2cncnc2=O)S[C@@H]1CO. The topological polar surface area (TPSA) is 114 Å². The fraction of sp³-hybridized carbons (Fsp3) is 0.625. The van der Waals surface area contributed by atoms with Gasteiger partial charge in [-0.2, -0.15) is 4.98 Å². The molecule has 0 saturated carbocycles. The second-order valence-electron chi connectivity index (χ2n) is 3.69. The minimum Gasteiger partial charge on any atom is -0.395 e. The third kappa shape index (κ3) is 1.95. The number of hydrogen-bond donors (Lipinski definition) is 3. The number of nitrogens with two attached hydrogens (primary N) is 1. The molecule has 0 amide bonds. The lowest BCUT2D eigenvalue weighted by atomic mass is 10.1. The molecule has 0 bridgehead atoms. The van der Waals surface area contributed by atoms with Crippen molar-refractivity contribution in [2.75, 3.05) is 6.61 Å². The highest BCUT2D eigenvalue weighted by atomic mass is 32.2. The van der Waals surface area contributed by atoms with E-state index in [1.54, 1.807) is 0 Å². The first-order chi connectivity index (χ1) is 7.98. The van der Waals surface area contributed by atoms with E-state index in [0.29, 0.717) is 0 Å². The minimum atomic E-state index is -2.18. The van der Waals surface area contributed by atoms with E-state index in [2.05, 4.69) is 9.97 Å². The predicted molar refractivity (Wildman–Crippen MR) is 57.8 cm³/mol. The molecule has 0 aliphatic carbocycles. The van der Waals surface area contributed by atoms with Gasteiger partial charge in [0.15, 0.2) is 11.9 Å². The highest BCUT2D eigenvalue weighted by molar-refractivity contribution is 8.00. The van der Waals surface area contributed by atoms with Crippen LogP contribution in [0, 0.1) is 0 Å². The van der Waals surface area contributed by atoms with Gasteiger partial charge in [0, 0.05) is 0 Å². The normalized spacial score (nSPS) is 37.3. The van der Waals surface area contributed by atoms with Crippen molar-refractivity contribution in [3.05, 3.63) is 23.1 Å². The summed E-state index contributed by atoms with van der Waals surface area (Å²) in [5.74, 6) is 0. The van der Waals surface area contributed by atoms with Crippen molar-refractivity contribution in [1.82, 2.24) is 14.5 Å². The van der Waals surface area contributed by atoms with Gasteiger partial charge in [-0.1, -0.05) is 0 Å². The third-order valence-electron chi connectivity index (χ3n) is 2.60. The summed E-state index contributed by atoms with van der Waals surface area (Å²) >= 11 is 0.876. The zero-order chi connectivity index (χ0) is 12.6. The number of rotatable bonds is 2. The van der Waals surface area contributed by atoms with Crippen molar-refractivity contribution >= 4 is 11.8 Å². The van der Waals surface area contributed by atoms with Crippen LogP contribution in [0.4, 0.5) is 4.39 Å². The van der Waals surface area contributed by atoms with Gasteiger partial charge in [-0.25, -0.2) is 14.2 Å². The number of alkyl halides is 1. The molecule has 1 fully saturated rings. The zero-order valence-electron chi connectivity index (χ0n) is 8.60. The second-order valence-corrected chi connectivity index (χ2v) is 5.01. The molecule has 0 radical (unpaired) electrons. The molecule has 0 aromatic carbocycles. The van der Waals surface area contributed by atoms with E-state index in [-0.39, 0.29) is 0 Å². The van der Waals surface area contributed by atoms with E-state index in [4.69, 9.17) is 10.8 Å². The summed E-state index contributed by atoms with van der Waals surface area (Å²) in [6, 6.07) is 0. The molecular formula is C8H11FN4O3S. The van der Waals surface area contributed by atoms with E-state index in [1.807, 2.05) is 0 Å². The zero-order valence-corrected chi connectivity index (χ0v) is 9.42. The summed E-state index contributed by atoms with van der Waals surface area (Å²) in [5, 5.41) is 16.8. The number of aliphatic hydroxyl groups is 2. The Hall–Kier alpha value is -1.03. The maximum absolute atomic E-state index is 13.9. The quantitative estimate of drug-likeness (QED) is 0.540. The Labute approximate surface area is 99.5 Å². The van der Waals surface area contributed by atoms with Crippen LogP contribution in [0.5, 0.6) is 0 Å². The third-order valence-corrected chi connectivity index (χ3v) is 4.20. The van der Waals surface area contributed by atoms with Gasteiger partial charge in [0.2, 0.25) is 0 Å². The van der Waals surface area contributed by atoms with E-state index in [1.165, 1.54) is 0 Å². The Morgan fingerprint density at radius 1 is 1.71 bits per heavy atom. The Bertz CT molecular complexity index is 468. The highest BCUT2D eigenvalue weighted by Gasteiger charge is 2.54. The van der Waals surface area contributed by atoms with Gasteiger partial charge >= 0.3 is 5.69 Å². The first-order valence-corrected chi connectivity index (χ1v) is 5.72. The standard InChI is InChI=1S/C8H11FN4O3S/c9-5-6(13-3-11-2-12-7(13)15)17-4(1-14)8(5,10)16/h2-6,14,16H,1,10H2/t4-,5-,6-,8-/m1/s1. The van der Waals surface area contributed by atoms with Gasteiger partial charge < -0.3 is 15.9 Å². The molecule has 17 heavy (non-hydrogen) atoms. The first-order valence-electron chi connectivity index (χ1n) is 4.78. The Morgan fingerprint density at radius 2 is 2.41 bits per heavy atom. The van der Waals surface area contributed by atoms with Gasteiger partial charge in [0.25, 0.3) is 0 Å². The molecule has 1 aromatic rings. The Morgan fingerprint density at radius 3 is 2.94 bits per heavy atom. The summed E-state index contributed by atoms with van der Waals surface area (Å²) in [5.41, 5.74) is 2.53. The average Bonchev–Trinajstić information content (AvgIpc) is 2.52. The minimum absolute atomic E-state index is 0.489. The monoisotopic (exact) mass is 262 g/mol. The Balaban J connectivity index is 2.37. The molecule has 2 rings (SSSR count). The lowest BCUT2D eigenvalue weighted by Crippen LogP contribution is -2.55. The summed E-state index contributed by atoms with van der Waals surface area (Å²) in [4.78, 5) is 18.4. The molecule has 1 aliphatic rings. The largest absolute Gasteiger partial charge is 0.395 e. The van der Waals surface area contributed by atoms with Crippen molar-refractivity contribution in [2.45, 2.75) is 22.5 Å². The summed E-state index contributed by atoms with van der Waals surface area (Å²) in [6.45, 7) is -0.489. The lowest BCUT2D eigenvalue weighted by Gasteiger charge is -2.24. The average molecular weight is 262 g/mol. The molecule has 1 aromatic heterocycles. The van der Waals surface area contributed by atoms with Gasteiger partial charge in [0.1, 0.15) is 18.0 Å². The number of aromatic nitrogens is 3. The van der Waals surface area contributed by atoms with Crippen LogP contribution >= 0.6 is 11.8 Å². The summed E-state index contributed by atoms with van der Waals surface area (Å²) in [7, 11) is 0. The van der Waals surface area contributed by atoms with Gasteiger partial charge in [0.05, 0.1) is 11.9 Å². The Kier molecular flexibility index (Phi) is 3.17. The lowest BCUT2D eigenvalue weighted by molar-refractivity contribution is -0.0373. The van der Waals surface area contributed by atoms with Crippen molar-refractivity contribution in [3.63, 3.8) is 0 Å². The van der Waals surface area contributed by atoms with Gasteiger partial charge in [-0.15, -0.1) is 11.8 Å². The molecule has 0 spiro atoms. The molecule has 4 N–H and O–H groups in total. The molecule has 94 valence electrons. The molecular weight excluding hydrogens is 251 g/mol. The molecule has 0 unspecified atom stereocenters. The molecule has 7 nitrogen and oxygen atoms in total. The predicted octanol–water partition coefficient (Wildman–Crippen LogP) is -1.77. The number of nitrogens with zero attached hydrogens (tertiary/aromatic N) is 3. The van der Waals surface area contributed by atoms with E-state index < -0.39 is 34.8 Å². The smallest absolute Gasteiger partial charge is 0.351 e. The fourth-order valence-corrected chi connectivity index (χ4v) is 3.03. The van der Waals surface area contributed by atoms with E-state index in [9.17, 15) is 14.3 Å². The van der Waals surface area contributed by atoms with E-state index >= 15 is 0 Å². The molecule has 1 aliphatic heterocycles. The molecule has 1 saturated heterocycles. The van der Waals surface area contributed by atoms with Crippen LogP contribution < -0.4 is 11.4 Å². The van der Waals surface area contributed by atoms with Crippen LogP contribution in [-0.2, 0) is 0 Å². The molecule has 9 heteroatoms. The maximum Gasteiger partial charge on any atom is 0.351 e. The van der Waals surface area contributed by atoms with Crippen molar-refractivity contribution in [2.24, 2.45) is 5.73 Å².